The molecule has 0 saturated carbocycles. The molecule has 0 heterocycles. The number of aryl methyl sites for hydroxylation is 2. The van der Waals surface area contributed by atoms with Gasteiger partial charge in [-0.05, 0) is 49.4 Å². The Labute approximate surface area is 101 Å². The minimum atomic E-state index is 1.24. The molecule has 0 aliphatic carbocycles. The first-order valence-corrected chi connectivity index (χ1v) is 6.72. The van der Waals surface area contributed by atoms with Gasteiger partial charge in [0.25, 0.3) is 0 Å². The molecular formula is C16H25. The van der Waals surface area contributed by atoms with E-state index in [1.807, 2.05) is 6.07 Å². The summed E-state index contributed by atoms with van der Waals surface area (Å²) in [6.45, 7) is 6.67. The summed E-state index contributed by atoms with van der Waals surface area (Å²) in [7, 11) is 0. The van der Waals surface area contributed by atoms with Gasteiger partial charge < -0.3 is 0 Å². The number of rotatable bonds is 7. The molecule has 16 heavy (non-hydrogen) atoms. The Hall–Kier alpha value is -0.780. The highest BCUT2D eigenvalue weighted by Crippen LogP contribution is 2.16. The van der Waals surface area contributed by atoms with E-state index in [0.29, 0.717) is 0 Å². The summed E-state index contributed by atoms with van der Waals surface area (Å²) in [5, 5.41) is 0. The van der Waals surface area contributed by atoms with Crippen molar-refractivity contribution < 1.29 is 0 Å². The SMILES string of the molecule is CCCCCCCCc1c(C)[c]ccc1C. The fourth-order valence-corrected chi connectivity index (χ4v) is 2.24. The van der Waals surface area contributed by atoms with Gasteiger partial charge in [-0.1, -0.05) is 51.2 Å². The topological polar surface area (TPSA) is 0 Å². The maximum Gasteiger partial charge on any atom is -0.0149 e. The summed E-state index contributed by atoms with van der Waals surface area (Å²) in [6, 6.07) is 7.52. The molecule has 0 fully saturated rings. The fraction of sp³-hybridized carbons (Fsp3) is 0.625. The Balaban J connectivity index is 2.26. The molecule has 0 atom stereocenters. The van der Waals surface area contributed by atoms with Crippen molar-refractivity contribution in [2.45, 2.75) is 65.7 Å². The molecule has 1 aromatic carbocycles. The molecule has 0 saturated heterocycles. The van der Waals surface area contributed by atoms with Crippen molar-refractivity contribution in [1.82, 2.24) is 0 Å². The lowest BCUT2D eigenvalue weighted by atomic mass is 9.97. The van der Waals surface area contributed by atoms with Crippen LogP contribution < -0.4 is 0 Å². The van der Waals surface area contributed by atoms with Crippen molar-refractivity contribution in [3.63, 3.8) is 0 Å². The lowest BCUT2D eigenvalue weighted by molar-refractivity contribution is 0.606. The Morgan fingerprint density at radius 3 is 2.38 bits per heavy atom. The van der Waals surface area contributed by atoms with Crippen molar-refractivity contribution in [2.24, 2.45) is 0 Å². The molecule has 0 unspecified atom stereocenters. The highest BCUT2D eigenvalue weighted by molar-refractivity contribution is 5.32. The second kappa shape index (κ2) is 7.49. The first-order chi connectivity index (χ1) is 7.75. The van der Waals surface area contributed by atoms with Gasteiger partial charge >= 0.3 is 0 Å². The highest BCUT2D eigenvalue weighted by Gasteiger charge is 2.01. The van der Waals surface area contributed by atoms with E-state index in [9.17, 15) is 0 Å². The Morgan fingerprint density at radius 2 is 1.69 bits per heavy atom. The quantitative estimate of drug-likeness (QED) is 0.563. The van der Waals surface area contributed by atoms with Crippen LogP contribution in [-0.2, 0) is 6.42 Å². The average molecular weight is 217 g/mol. The standard InChI is InChI=1S/C16H25/c1-4-5-6-7-8-9-13-16-14(2)11-10-12-15(16)3/h10-11H,4-9,13H2,1-3H3. The third-order valence-electron chi connectivity index (χ3n) is 3.34. The molecule has 0 amide bonds. The van der Waals surface area contributed by atoms with Crippen LogP contribution in [0.5, 0.6) is 0 Å². The van der Waals surface area contributed by atoms with Crippen LogP contribution in [0.3, 0.4) is 0 Å². The maximum absolute atomic E-state index is 3.30. The van der Waals surface area contributed by atoms with Gasteiger partial charge in [-0.3, -0.25) is 0 Å². The summed E-state index contributed by atoms with van der Waals surface area (Å²) in [5.41, 5.74) is 4.30. The molecule has 1 rings (SSSR count). The minimum absolute atomic E-state index is 1.24. The normalized spacial score (nSPS) is 10.7. The van der Waals surface area contributed by atoms with Crippen LogP contribution >= 0.6 is 0 Å². The second-order valence-corrected chi connectivity index (χ2v) is 4.78. The molecule has 0 N–H and O–H groups in total. The van der Waals surface area contributed by atoms with Crippen molar-refractivity contribution in [3.05, 3.63) is 34.9 Å². The zero-order valence-corrected chi connectivity index (χ0v) is 11.1. The fourth-order valence-electron chi connectivity index (χ4n) is 2.24. The largest absolute Gasteiger partial charge is 0.0654 e. The second-order valence-electron chi connectivity index (χ2n) is 4.78. The van der Waals surface area contributed by atoms with Gasteiger partial charge in [0.15, 0.2) is 0 Å². The molecule has 0 heteroatoms. The molecule has 0 aliphatic rings. The lowest BCUT2D eigenvalue weighted by Crippen LogP contribution is -1.94. The molecule has 0 aliphatic heterocycles. The number of hydrogen-bond acceptors (Lipinski definition) is 0. The minimum Gasteiger partial charge on any atom is -0.0654 e. The third kappa shape index (κ3) is 4.38. The summed E-state index contributed by atoms with van der Waals surface area (Å²) >= 11 is 0. The first-order valence-electron chi connectivity index (χ1n) is 6.72. The van der Waals surface area contributed by atoms with E-state index < -0.39 is 0 Å². The van der Waals surface area contributed by atoms with Crippen LogP contribution in [0, 0.1) is 19.9 Å². The third-order valence-corrected chi connectivity index (χ3v) is 3.34. The van der Waals surface area contributed by atoms with Gasteiger partial charge in [0.05, 0.1) is 0 Å². The van der Waals surface area contributed by atoms with Gasteiger partial charge in [0.2, 0.25) is 0 Å². The van der Waals surface area contributed by atoms with Crippen molar-refractivity contribution in [3.8, 4) is 0 Å². The number of unbranched alkanes of at least 4 members (excludes halogenated alkanes) is 5. The van der Waals surface area contributed by atoms with E-state index in [0.717, 1.165) is 0 Å². The van der Waals surface area contributed by atoms with Crippen LogP contribution in [0.1, 0.15) is 62.1 Å². The molecule has 0 spiro atoms. The number of benzene rings is 1. The van der Waals surface area contributed by atoms with Gasteiger partial charge in [-0.15, -0.1) is 0 Å². The molecule has 1 radical (unpaired) electrons. The summed E-state index contributed by atoms with van der Waals surface area (Å²) < 4.78 is 0. The Kier molecular flexibility index (Phi) is 6.22. The molecule has 0 aromatic heterocycles. The number of hydrogen-bond donors (Lipinski definition) is 0. The monoisotopic (exact) mass is 217 g/mol. The van der Waals surface area contributed by atoms with Gasteiger partial charge in [-0.2, -0.15) is 0 Å². The molecule has 89 valence electrons. The average Bonchev–Trinajstić information content (AvgIpc) is 2.26. The predicted octanol–water partition coefficient (Wildman–Crippen LogP) is 5.01. The molecule has 0 bridgehead atoms. The predicted molar refractivity (Wildman–Crippen MR) is 71.8 cm³/mol. The van der Waals surface area contributed by atoms with Crippen molar-refractivity contribution in [1.29, 1.82) is 0 Å². The molecule has 0 nitrogen and oxygen atoms in total. The Morgan fingerprint density at radius 1 is 1.00 bits per heavy atom. The zero-order chi connectivity index (χ0) is 11.8. The van der Waals surface area contributed by atoms with Crippen molar-refractivity contribution in [2.75, 3.05) is 0 Å². The van der Waals surface area contributed by atoms with Crippen LogP contribution in [-0.4, -0.2) is 0 Å². The summed E-state index contributed by atoms with van der Waals surface area (Å²) in [6.07, 6.45) is 9.51. The van der Waals surface area contributed by atoms with Crippen LogP contribution in [0.25, 0.3) is 0 Å². The first kappa shape index (κ1) is 13.3. The van der Waals surface area contributed by atoms with E-state index in [1.54, 1.807) is 0 Å². The smallest absolute Gasteiger partial charge is 0.0149 e. The molecule has 1 aromatic rings. The van der Waals surface area contributed by atoms with E-state index in [4.69, 9.17) is 0 Å². The summed E-state index contributed by atoms with van der Waals surface area (Å²) in [5.74, 6) is 0. The van der Waals surface area contributed by atoms with E-state index in [2.05, 4.69) is 32.9 Å². The van der Waals surface area contributed by atoms with Crippen molar-refractivity contribution >= 4 is 0 Å². The van der Waals surface area contributed by atoms with Gasteiger partial charge in [0.1, 0.15) is 0 Å². The van der Waals surface area contributed by atoms with E-state index in [1.165, 1.54) is 61.6 Å². The molecular weight excluding hydrogens is 192 g/mol. The highest BCUT2D eigenvalue weighted by atomic mass is 14.1. The van der Waals surface area contributed by atoms with E-state index >= 15 is 0 Å². The lowest BCUT2D eigenvalue weighted by Gasteiger charge is -2.08. The van der Waals surface area contributed by atoms with Crippen LogP contribution in [0.2, 0.25) is 0 Å². The van der Waals surface area contributed by atoms with Crippen LogP contribution in [0.15, 0.2) is 12.1 Å². The van der Waals surface area contributed by atoms with Gasteiger partial charge in [-0.25, -0.2) is 0 Å². The summed E-state index contributed by atoms with van der Waals surface area (Å²) in [4.78, 5) is 0. The van der Waals surface area contributed by atoms with Crippen LogP contribution in [0.4, 0.5) is 0 Å². The maximum atomic E-state index is 3.30. The Bertz CT molecular complexity index is 279. The zero-order valence-electron chi connectivity index (χ0n) is 11.1. The van der Waals surface area contributed by atoms with Gasteiger partial charge in [0, 0.05) is 0 Å². The van der Waals surface area contributed by atoms with E-state index in [-0.39, 0.29) is 0 Å².